The molecule has 7 nitrogen and oxygen atoms in total. The van der Waals surface area contributed by atoms with Crippen LogP contribution < -0.4 is 10.1 Å². The lowest BCUT2D eigenvalue weighted by Gasteiger charge is -2.34. The van der Waals surface area contributed by atoms with Gasteiger partial charge in [0.25, 0.3) is 5.91 Å². The Morgan fingerprint density at radius 3 is 2.34 bits per heavy atom. The molecule has 2 aromatic carbocycles. The summed E-state index contributed by atoms with van der Waals surface area (Å²) in [4.78, 5) is 17.5. The van der Waals surface area contributed by atoms with Crippen LogP contribution in [0.15, 0.2) is 36.4 Å². The van der Waals surface area contributed by atoms with E-state index in [1.807, 2.05) is 17.0 Å². The van der Waals surface area contributed by atoms with Crippen molar-refractivity contribution < 1.29 is 27.8 Å². The molecule has 0 unspecified atom stereocenters. The molecule has 1 fully saturated rings. The zero-order valence-electron chi connectivity index (χ0n) is 22.1. The lowest BCUT2D eigenvalue weighted by molar-refractivity contribution is -0.274. The van der Waals surface area contributed by atoms with Gasteiger partial charge in [0.1, 0.15) is 5.75 Å². The third-order valence-corrected chi connectivity index (χ3v) is 7.14. The van der Waals surface area contributed by atoms with Crippen molar-refractivity contribution in [2.75, 3.05) is 44.6 Å². The van der Waals surface area contributed by atoms with E-state index in [0.29, 0.717) is 31.7 Å². The fourth-order valence-electron chi connectivity index (χ4n) is 5.04. The number of piperazine rings is 1. The molecule has 1 amide bonds. The van der Waals surface area contributed by atoms with Gasteiger partial charge in [-0.05, 0) is 55.7 Å². The number of aliphatic hydroxyl groups excluding tert-OH is 1. The SMILES string of the molecule is CCCn1c(C)c(C)c2cc(C(=O)N3CCN(CCO)CC3)cc(NCc3ccc(OC(F)(F)F)cc3)c21. The fraction of sp³-hybridized carbons (Fsp3) is 0.464. The van der Waals surface area contributed by atoms with Gasteiger partial charge in [-0.25, -0.2) is 0 Å². The number of β-amino-alcohol motifs (C(OH)–C–C–N with tert-alkyl or cyclic N) is 1. The minimum absolute atomic E-state index is 0.0347. The smallest absolute Gasteiger partial charge is 0.406 e. The number of rotatable bonds is 9. The van der Waals surface area contributed by atoms with Gasteiger partial charge in [0.15, 0.2) is 0 Å². The molecule has 0 aliphatic carbocycles. The summed E-state index contributed by atoms with van der Waals surface area (Å²) in [7, 11) is 0. The normalized spacial score (nSPS) is 14.8. The lowest BCUT2D eigenvalue weighted by atomic mass is 10.1. The number of amides is 1. The predicted octanol–water partition coefficient (Wildman–Crippen LogP) is 4.93. The van der Waals surface area contributed by atoms with E-state index in [0.717, 1.165) is 59.5 Å². The number of fused-ring (bicyclic) bond motifs is 1. The van der Waals surface area contributed by atoms with E-state index in [1.54, 1.807) is 12.1 Å². The van der Waals surface area contributed by atoms with Crippen LogP contribution in [0.2, 0.25) is 0 Å². The van der Waals surface area contributed by atoms with Gasteiger partial charge in [-0.2, -0.15) is 0 Å². The molecule has 0 bridgehead atoms. The van der Waals surface area contributed by atoms with Crippen LogP contribution in [-0.4, -0.2) is 71.1 Å². The quantitative estimate of drug-likeness (QED) is 0.409. The molecule has 3 aromatic rings. The molecular formula is C28H35F3N4O3. The number of aromatic nitrogens is 1. The molecule has 2 N–H and O–H groups in total. The second-order valence-electron chi connectivity index (χ2n) is 9.68. The van der Waals surface area contributed by atoms with Crippen molar-refractivity contribution in [3.63, 3.8) is 0 Å². The third kappa shape index (κ3) is 6.24. The summed E-state index contributed by atoms with van der Waals surface area (Å²) in [6.07, 6.45) is -3.78. The molecule has 1 aliphatic rings. The third-order valence-electron chi connectivity index (χ3n) is 7.14. The number of carbonyl (C=O) groups is 1. The summed E-state index contributed by atoms with van der Waals surface area (Å²) < 4.78 is 43.8. The first-order valence-electron chi connectivity index (χ1n) is 13.0. The Bertz CT molecular complexity index is 1260. The highest BCUT2D eigenvalue weighted by Crippen LogP contribution is 2.34. The average Bonchev–Trinajstić information content (AvgIpc) is 3.12. The molecular weight excluding hydrogens is 497 g/mol. The fourth-order valence-corrected chi connectivity index (χ4v) is 5.04. The molecule has 0 radical (unpaired) electrons. The van der Waals surface area contributed by atoms with Crippen molar-refractivity contribution in [3.8, 4) is 5.75 Å². The standard InChI is InChI=1S/C28H35F3N4O3/c1-4-9-35-20(3)19(2)24-16-22(27(37)34-12-10-33(11-13-34)14-15-36)17-25(26(24)35)32-18-21-5-7-23(8-6-21)38-28(29,30)31/h5-8,16-17,32,36H,4,9-15,18H2,1-3H3. The van der Waals surface area contributed by atoms with Crippen LogP contribution >= 0.6 is 0 Å². The number of alkyl halides is 3. The number of nitrogens with one attached hydrogen (secondary N) is 1. The van der Waals surface area contributed by atoms with Gasteiger partial charge in [0.2, 0.25) is 0 Å². The molecule has 4 rings (SSSR count). The molecule has 0 saturated carbocycles. The number of benzene rings is 2. The Labute approximate surface area is 220 Å². The highest BCUT2D eigenvalue weighted by atomic mass is 19.4. The molecule has 1 aliphatic heterocycles. The van der Waals surface area contributed by atoms with Crippen LogP contribution in [0.1, 0.15) is 40.5 Å². The summed E-state index contributed by atoms with van der Waals surface area (Å²) >= 11 is 0. The number of anilines is 1. The first kappa shape index (κ1) is 27.8. The van der Waals surface area contributed by atoms with Crippen molar-refractivity contribution >= 4 is 22.5 Å². The summed E-state index contributed by atoms with van der Waals surface area (Å²) in [6, 6.07) is 9.63. The zero-order chi connectivity index (χ0) is 27.4. The highest BCUT2D eigenvalue weighted by molar-refractivity contribution is 6.04. The van der Waals surface area contributed by atoms with Crippen molar-refractivity contribution in [2.45, 2.75) is 46.6 Å². The van der Waals surface area contributed by atoms with Crippen LogP contribution in [0, 0.1) is 13.8 Å². The minimum atomic E-state index is -4.73. The van der Waals surface area contributed by atoms with E-state index in [9.17, 15) is 23.1 Å². The second kappa shape index (κ2) is 11.7. The van der Waals surface area contributed by atoms with Gasteiger partial charge in [-0.1, -0.05) is 19.1 Å². The first-order valence-corrected chi connectivity index (χ1v) is 13.0. The molecule has 1 saturated heterocycles. The summed E-state index contributed by atoms with van der Waals surface area (Å²) in [6.45, 7) is 10.8. The van der Waals surface area contributed by atoms with Crippen LogP contribution in [0.5, 0.6) is 5.75 Å². The number of hydrogen-bond donors (Lipinski definition) is 2. The van der Waals surface area contributed by atoms with Crippen LogP contribution in [0.3, 0.4) is 0 Å². The Hall–Kier alpha value is -3.24. The van der Waals surface area contributed by atoms with E-state index < -0.39 is 6.36 Å². The number of halogens is 3. The van der Waals surface area contributed by atoms with E-state index in [4.69, 9.17) is 0 Å². The maximum atomic E-state index is 13.5. The van der Waals surface area contributed by atoms with E-state index in [2.05, 4.69) is 40.3 Å². The number of hydrogen-bond acceptors (Lipinski definition) is 5. The molecule has 0 atom stereocenters. The Balaban J connectivity index is 1.63. The van der Waals surface area contributed by atoms with Gasteiger partial charge in [0.05, 0.1) is 17.8 Å². The largest absolute Gasteiger partial charge is 0.573 e. The highest BCUT2D eigenvalue weighted by Gasteiger charge is 2.31. The van der Waals surface area contributed by atoms with E-state index >= 15 is 0 Å². The summed E-state index contributed by atoms with van der Waals surface area (Å²) in [5.41, 5.74) is 5.47. The maximum absolute atomic E-state index is 13.5. The molecule has 10 heteroatoms. The van der Waals surface area contributed by atoms with Crippen molar-refractivity contribution in [1.29, 1.82) is 0 Å². The van der Waals surface area contributed by atoms with E-state index in [-0.39, 0.29) is 18.3 Å². The van der Waals surface area contributed by atoms with Crippen LogP contribution in [0.4, 0.5) is 18.9 Å². The van der Waals surface area contributed by atoms with Gasteiger partial charge in [0, 0.05) is 62.5 Å². The van der Waals surface area contributed by atoms with Gasteiger partial charge >= 0.3 is 6.36 Å². The number of aliphatic hydroxyl groups is 1. The maximum Gasteiger partial charge on any atom is 0.573 e. The van der Waals surface area contributed by atoms with Crippen LogP contribution in [-0.2, 0) is 13.1 Å². The Morgan fingerprint density at radius 2 is 1.74 bits per heavy atom. The lowest BCUT2D eigenvalue weighted by Crippen LogP contribution is -2.49. The number of aryl methyl sites for hydroxylation is 2. The monoisotopic (exact) mass is 532 g/mol. The second-order valence-corrected chi connectivity index (χ2v) is 9.68. The molecule has 1 aromatic heterocycles. The summed E-state index contributed by atoms with van der Waals surface area (Å²) in [5, 5.41) is 13.7. The van der Waals surface area contributed by atoms with Gasteiger partial charge in [-0.15, -0.1) is 13.2 Å². The Morgan fingerprint density at radius 1 is 1.05 bits per heavy atom. The topological polar surface area (TPSA) is 70.0 Å². The molecule has 206 valence electrons. The Kier molecular flexibility index (Phi) is 8.52. The predicted molar refractivity (Wildman–Crippen MR) is 142 cm³/mol. The summed E-state index contributed by atoms with van der Waals surface area (Å²) in [5.74, 6) is -0.300. The van der Waals surface area contributed by atoms with Crippen molar-refractivity contribution in [1.82, 2.24) is 14.4 Å². The van der Waals surface area contributed by atoms with E-state index in [1.165, 1.54) is 12.1 Å². The number of carbonyl (C=O) groups excluding carboxylic acids is 1. The molecule has 38 heavy (non-hydrogen) atoms. The zero-order valence-corrected chi connectivity index (χ0v) is 22.1. The van der Waals surface area contributed by atoms with Gasteiger partial charge < -0.3 is 24.6 Å². The first-order chi connectivity index (χ1) is 18.1. The van der Waals surface area contributed by atoms with Crippen molar-refractivity contribution in [3.05, 3.63) is 58.8 Å². The molecule has 0 spiro atoms. The number of ether oxygens (including phenoxy) is 1. The average molecular weight is 533 g/mol. The van der Waals surface area contributed by atoms with Crippen molar-refractivity contribution in [2.24, 2.45) is 0 Å². The molecule has 2 heterocycles. The number of nitrogens with zero attached hydrogens (tertiary/aromatic N) is 3. The minimum Gasteiger partial charge on any atom is -0.406 e. The van der Waals surface area contributed by atoms with Gasteiger partial charge in [-0.3, -0.25) is 9.69 Å². The van der Waals surface area contributed by atoms with Crippen LogP contribution in [0.25, 0.3) is 10.9 Å².